The molecule has 0 saturated carbocycles. The maximum atomic E-state index is 13.0. The van der Waals surface area contributed by atoms with Gasteiger partial charge in [-0.3, -0.25) is 25.0 Å². The standard InChI is InChI=1S/C22H22FN5O5/c1-13-18(12-19(29)25-15-6-4-14(23)5-7-15)26-21(24-13)27-20(30)22(2,3)33-17-10-8-16(9-11-17)28(31)32/h4-11H,12H2,1-3H3,(H,25,29)(H2,24,26,27,30). The summed E-state index contributed by atoms with van der Waals surface area (Å²) in [6.07, 6.45) is -0.0573. The summed E-state index contributed by atoms with van der Waals surface area (Å²) in [7, 11) is 0. The first-order valence-electron chi connectivity index (χ1n) is 9.89. The predicted octanol–water partition coefficient (Wildman–Crippen LogP) is 3.74. The topological polar surface area (TPSA) is 139 Å². The number of nitrogens with zero attached hydrogens (tertiary/aromatic N) is 2. The number of imidazole rings is 1. The number of rotatable bonds is 8. The Morgan fingerprint density at radius 3 is 2.36 bits per heavy atom. The lowest BCUT2D eigenvalue weighted by Crippen LogP contribution is -2.42. The molecule has 0 saturated heterocycles. The van der Waals surface area contributed by atoms with Gasteiger partial charge in [0.1, 0.15) is 11.6 Å². The van der Waals surface area contributed by atoms with Crippen LogP contribution in [0, 0.1) is 22.9 Å². The average Bonchev–Trinajstić information content (AvgIpc) is 3.08. The van der Waals surface area contributed by atoms with Gasteiger partial charge in [-0.15, -0.1) is 0 Å². The Labute approximate surface area is 188 Å². The summed E-state index contributed by atoms with van der Waals surface area (Å²) in [6, 6.07) is 10.7. The lowest BCUT2D eigenvalue weighted by molar-refractivity contribution is -0.384. The molecule has 3 rings (SSSR count). The minimum Gasteiger partial charge on any atom is -0.478 e. The first kappa shape index (κ1) is 23.4. The molecule has 1 heterocycles. The summed E-state index contributed by atoms with van der Waals surface area (Å²) < 4.78 is 18.7. The Hall–Kier alpha value is -4.28. The van der Waals surface area contributed by atoms with E-state index in [1.165, 1.54) is 62.4 Å². The molecule has 3 N–H and O–H groups in total. The van der Waals surface area contributed by atoms with Gasteiger partial charge in [0.25, 0.3) is 11.6 Å². The summed E-state index contributed by atoms with van der Waals surface area (Å²) in [5.41, 5.74) is 0.0595. The zero-order chi connectivity index (χ0) is 24.2. The van der Waals surface area contributed by atoms with Gasteiger partial charge in [0.15, 0.2) is 5.60 Å². The van der Waals surface area contributed by atoms with Gasteiger partial charge in [0.2, 0.25) is 11.9 Å². The SMILES string of the molecule is Cc1[nH]c(NC(=O)C(C)(C)Oc2ccc([N+](=O)[O-])cc2)nc1CC(=O)Nc1ccc(F)cc1. The monoisotopic (exact) mass is 455 g/mol. The molecule has 0 aliphatic heterocycles. The largest absolute Gasteiger partial charge is 0.478 e. The third kappa shape index (κ3) is 6.12. The van der Waals surface area contributed by atoms with Crippen LogP contribution in [-0.2, 0) is 16.0 Å². The summed E-state index contributed by atoms with van der Waals surface area (Å²) in [5, 5.41) is 16.0. The number of anilines is 2. The van der Waals surface area contributed by atoms with Crippen molar-refractivity contribution in [3.05, 3.63) is 75.9 Å². The highest BCUT2D eigenvalue weighted by Gasteiger charge is 2.31. The Morgan fingerprint density at radius 2 is 1.76 bits per heavy atom. The van der Waals surface area contributed by atoms with Crippen LogP contribution < -0.4 is 15.4 Å². The predicted molar refractivity (Wildman–Crippen MR) is 118 cm³/mol. The van der Waals surface area contributed by atoms with Crippen molar-refractivity contribution >= 4 is 29.1 Å². The van der Waals surface area contributed by atoms with Crippen molar-refractivity contribution in [3.63, 3.8) is 0 Å². The fourth-order valence-electron chi connectivity index (χ4n) is 2.85. The molecule has 33 heavy (non-hydrogen) atoms. The van der Waals surface area contributed by atoms with Gasteiger partial charge in [0, 0.05) is 23.5 Å². The van der Waals surface area contributed by atoms with E-state index in [2.05, 4.69) is 20.6 Å². The number of benzene rings is 2. The van der Waals surface area contributed by atoms with Crippen molar-refractivity contribution < 1.29 is 23.6 Å². The minimum absolute atomic E-state index is 0.0573. The first-order chi connectivity index (χ1) is 15.5. The van der Waals surface area contributed by atoms with E-state index in [1.54, 1.807) is 6.92 Å². The highest BCUT2D eigenvalue weighted by atomic mass is 19.1. The maximum Gasteiger partial charge on any atom is 0.270 e. The minimum atomic E-state index is -1.32. The Kier molecular flexibility index (Phi) is 6.71. The molecular formula is C22H22FN5O5. The number of H-pyrrole nitrogens is 1. The molecule has 3 aromatic rings. The number of aromatic amines is 1. The van der Waals surface area contributed by atoms with Crippen molar-refractivity contribution in [3.8, 4) is 5.75 Å². The zero-order valence-electron chi connectivity index (χ0n) is 18.1. The van der Waals surface area contributed by atoms with Gasteiger partial charge < -0.3 is 15.0 Å². The van der Waals surface area contributed by atoms with Crippen LogP contribution in [0.3, 0.4) is 0 Å². The quantitative estimate of drug-likeness (QED) is 0.349. The number of ether oxygens (including phenoxy) is 1. The number of carbonyl (C=O) groups excluding carboxylic acids is 2. The normalized spacial score (nSPS) is 11.0. The molecule has 1 aromatic heterocycles. The van der Waals surface area contributed by atoms with Gasteiger partial charge in [-0.2, -0.15) is 0 Å². The highest BCUT2D eigenvalue weighted by molar-refractivity contribution is 5.96. The number of hydrogen-bond acceptors (Lipinski definition) is 6. The van der Waals surface area contributed by atoms with Gasteiger partial charge in [0.05, 0.1) is 17.0 Å². The van der Waals surface area contributed by atoms with Crippen LogP contribution in [0.15, 0.2) is 48.5 Å². The number of nitro groups is 1. The molecule has 0 atom stereocenters. The molecule has 0 radical (unpaired) electrons. The number of nitro benzene ring substituents is 1. The van der Waals surface area contributed by atoms with Gasteiger partial charge in [-0.05, 0) is 57.2 Å². The Morgan fingerprint density at radius 1 is 1.12 bits per heavy atom. The molecule has 2 aromatic carbocycles. The molecule has 0 fully saturated rings. The number of amides is 2. The first-order valence-corrected chi connectivity index (χ1v) is 9.89. The summed E-state index contributed by atoms with van der Waals surface area (Å²) in [5.74, 6) is -0.846. The van der Waals surface area contributed by atoms with E-state index in [-0.39, 0.29) is 29.7 Å². The van der Waals surface area contributed by atoms with Crippen LogP contribution in [0.25, 0.3) is 0 Å². The van der Waals surface area contributed by atoms with Crippen LogP contribution in [0.5, 0.6) is 5.75 Å². The summed E-state index contributed by atoms with van der Waals surface area (Å²) in [4.78, 5) is 42.4. The van der Waals surface area contributed by atoms with Crippen molar-refractivity contribution in [2.24, 2.45) is 0 Å². The molecule has 0 spiro atoms. The fraction of sp³-hybridized carbons (Fsp3) is 0.227. The summed E-state index contributed by atoms with van der Waals surface area (Å²) >= 11 is 0. The molecule has 10 nitrogen and oxygen atoms in total. The van der Waals surface area contributed by atoms with E-state index in [0.717, 1.165) is 0 Å². The molecule has 0 aliphatic carbocycles. The van der Waals surface area contributed by atoms with E-state index in [1.807, 2.05) is 0 Å². The number of non-ortho nitro benzene ring substituents is 1. The Bertz CT molecular complexity index is 1170. The molecular weight excluding hydrogens is 433 g/mol. The smallest absolute Gasteiger partial charge is 0.270 e. The number of aryl methyl sites for hydroxylation is 1. The van der Waals surface area contributed by atoms with E-state index in [9.17, 15) is 24.1 Å². The third-order valence-electron chi connectivity index (χ3n) is 4.64. The van der Waals surface area contributed by atoms with Crippen molar-refractivity contribution in [1.29, 1.82) is 0 Å². The lowest BCUT2D eigenvalue weighted by atomic mass is 10.1. The van der Waals surface area contributed by atoms with Crippen LogP contribution in [0.2, 0.25) is 0 Å². The van der Waals surface area contributed by atoms with Crippen LogP contribution in [-0.4, -0.2) is 32.3 Å². The molecule has 11 heteroatoms. The lowest BCUT2D eigenvalue weighted by Gasteiger charge is -2.24. The molecule has 172 valence electrons. The van der Waals surface area contributed by atoms with Crippen molar-refractivity contribution in [1.82, 2.24) is 9.97 Å². The molecule has 0 bridgehead atoms. The van der Waals surface area contributed by atoms with Crippen molar-refractivity contribution in [2.45, 2.75) is 32.8 Å². The Balaban J connectivity index is 1.61. The van der Waals surface area contributed by atoms with Crippen LogP contribution in [0.4, 0.5) is 21.7 Å². The van der Waals surface area contributed by atoms with Gasteiger partial charge >= 0.3 is 0 Å². The van der Waals surface area contributed by atoms with Gasteiger partial charge in [-0.1, -0.05) is 0 Å². The van der Waals surface area contributed by atoms with Crippen LogP contribution >= 0.6 is 0 Å². The third-order valence-corrected chi connectivity index (χ3v) is 4.64. The zero-order valence-corrected chi connectivity index (χ0v) is 18.1. The highest BCUT2D eigenvalue weighted by Crippen LogP contribution is 2.23. The average molecular weight is 455 g/mol. The second-order valence-corrected chi connectivity index (χ2v) is 7.71. The van der Waals surface area contributed by atoms with Crippen molar-refractivity contribution in [2.75, 3.05) is 10.6 Å². The van der Waals surface area contributed by atoms with Crippen LogP contribution in [0.1, 0.15) is 25.2 Å². The number of carbonyl (C=O) groups is 2. The number of hydrogen-bond donors (Lipinski definition) is 3. The van der Waals surface area contributed by atoms with Gasteiger partial charge in [-0.25, -0.2) is 9.37 Å². The number of aromatic nitrogens is 2. The molecule has 0 aliphatic rings. The molecule has 0 unspecified atom stereocenters. The second-order valence-electron chi connectivity index (χ2n) is 7.71. The fourth-order valence-corrected chi connectivity index (χ4v) is 2.85. The number of nitrogens with one attached hydrogen (secondary N) is 3. The number of halogens is 1. The van der Waals surface area contributed by atoms with E-state index in [4.69, 9.17) is 4.74 Å². The maximum absolute atomic E-state index is 13.0. The van der Waals surface area contributed by atoms with E-state index < -0.39 is 22.2 Å². The molecule has 2 amide bonds. The summed E-state index contributed by atoms with van der Waals surface area (Å²) in [6.45, 7) is 4.79. The second kappa shape index (κ2) is 9.47. The van der Waals surface area contributed by atoms with E-state index >= 15 is 0 Å². The van der Waals surface area contributed by atoms with E-state index in [0.29, 0.717) is 17.1 Å².